The molecule has 0 radical (unpaired) electrons. The largest absolute Gasteiger partial charge is 0.494 e. The van der Waals surface area contributed by atoms with Crippen molar-refractivity contribution in [3.05, 3.63) is 108 Å². The molecule has 0 spiro atoms. The Balaban J connectivity index is 1.36. The third-order valence-corrected chi connectivity index (χ3v) is 5.62. The fourth-order valence-corrected chi connectivity index (χ4v) is 3.88. The Morgan fingerprint density at radius 3 is 2.64 bits per heavy atom. The van der Waals surface area contributed by atoms with Gasteiger partial charge in [-0.15, -0.1) is 0 Å². The number of rotatable bonds is 8. The number of ether oxygens (including phenoxy) is 2. The minimum absolute atomic E-state index is 0.140. The number of benzene rings is 4. The van der Waals surface area contributed by atoms with Crippen LogP contribution in [0.25, 0.3) is 21.7 Å². The second-order valence-electron chi connectivity index (χ2n) is 8.06. The highest BCUT2D eigenvalue weighted by Gasteiger charge is 2.13. The lowest BCUT2D eigenvalue weighted by Gasteiger charge is -2.12. The lowest BCUT2D eigenvalue weighted by atomic mass is 10.0. The topological polar surface area (TPSA) is 73.1 Å². The van der Waals surface area contributed by atoms with Gasteiger partial charge in [0.1, 0.15) is 29.5 Å². The van der Waals surface area contributed by atoms with Gasteiger partial charge in [0.05, 0.1) is 12.8 Å². The van der Waals surface area contributed by atoms with Crippen LogP contribution in [0.15, 0.2) is 94.4 Å². The van der Waals surface area contributed by atoms with Crippen LogP contribution in [-0.2, 0) is 6.61 Å². The van der Waals surface area contributed by atoms with Crippen molar-refractivity contribution in [3.63, 3.8) is 0 Å². The van der Waals surface area contributed by atoms with Crippen molar-refractivity contribution >= 4 is 33.9 Å². The van der Waals surface area contributed by atoms with Crippen LogP contribution in [0.1, 0.15) is 28.6 Å². The van der Waals surface area contributed by atoms with Gasteiger partial charge in [-0.05, 0) is 65.7 Å². The maximum absolute atomic E-state index is 13.2. The number of hydrazone groups is 1. The normalized spacial score (nSPS) is 11.3. The highest BCUT2D eigenvalue weighted by atomic mass is 19.1. The van der Waals surface area contributed by atoms with Crippen molar-refractivity contribution in [1.82, 2.24) is 5.43 Å². The van der Waals surface area contributed by atoms with Gasteiger partial charge >= 0.3 is 5.91 Å². The average Bonchev–Trinajstić information content (AvgIpc) is 3.33. The second kappa shape index (κ2) is 10.3. The molecule has 5 rings (SSSR count). The fraction of sp³-hybridized carbons (Fsp3) is 0.103. The van der Waals surface area contributed by atoms with Crippen molar-refractivity contribution in [2.24, 2.45) is 5.10 Å². The summed E-state index contributed by atoms with van der Waals surface area (Å²) in [4.78, 5) is 12.7. The molecule has 6 nitrogen and oxygen atoms in total. The first-order valence-electron chi connectivity index (χ1n) is 11.5. The number of hydrogen-bond donors (Lipinski definition) is 1. The third kappa shape index (κ3) is 5.05. The van der Waals surface area contributed by atoms with Gasteiger partial charge in [-0.3, -0.25) is 4.79 Å². The van der Waals surface area contributed by atoms with Gasteiger partial charge < -0.3 is 13.9 Å². The summed E-state index contributed by atoms with van der Waals surface area (Å²) in [5.74, 6) is 0.659. The van der Waals surface area contributed by atoms with E-state index in [2.05, 4.69) is 10.5 Å². The molecule has 1 N–H and O–H groups in total. The molecule has 1 aromatic heterocycles. The maximum atomic E-state index is 13.2. The Kier molecular flexibility index (Phi) is 6.62. The predicted octanol–water partition coefficient (Wildman–Crippen LogP) is 6.47. The van der Waals surface area contributed by atoms with Gasteiger partial charge in [-0.25, -0.2) is 9.82 Å². The van der Waals surface area contributed by atoms with Crippen LogP contribution in [0, 0.1) is 5.82 Å². The number of carbonyl (C=O) groups is 1. The summed E-state index contributed by atoms with van der Waals surface area (Å²) in [5.41, 5.74) is 4.65. The predicted molar refractivity (Wildman–Crippen MR) is 137 cm³/mol. The summed E-state index contributed by atoms with van der Waals surface area (Å²) in [5, 5.41) is 6.86. The van der Waals surface area contributed by atoms with Crippen LogP contribution in [-0.4, -0.2) is 18.7 Å². The third-order valence-electron chi connectivity index (χ3n) is 5.62. The van der Waals surface area contributed by atoms with Gasteiger partial charge in [0.25, 0.3) is 0 Å². The fourth-order valence-electron chi connectivity index (χ4n) is 3.88. The van der Waals surface area contributed by atoms with E-state index in [9.17, 15) is 9.18 Å². The Morgan fingerprint density at radius 2 is 1.81 bits per heavy atom. The van der Waals surface area contributed by atoms with Gasteiger partial charge in [-0.2, -0.15) is 5.10 Å². The van der Waals surface area contributed by atoms with Crippen molar-refractivity contribution in [2.45, 2.75) is 13.5 Å². The van der Waals surface area contributed by atoms with E-state index in [0.29, 0.717) is 29.3 Å². The zero-order valence-electron chi connectivity index (χ0n) is 19.5. The Bertz CT molecular complexity index is 1560. The molecule has 0 bridgehead atoms. The van der Waals surface area contributed by atoms with E-state index in [-0.39, 0.29) is 18.2 Å². The van der Waals surface area contributed by atoms with Gasteiger partial charge in [-0.1, -0.05) is 42.5 Å². The molecule has 0 unspecified atom stereocenters. The minimum atomic E-state index is -0.477. The van der Waals surface area contributed by atoms with Gasteiger partial charge in [0.2, 0.25) is 0 Å². The smallest absolute Gasteiger partial charge is 0.307 e. The quantitative estimate of drug-likeness (QED) is 0.203. The van der Waals surface area contributed by atoms with E-state index in [1.165, 1.54) is 12.1 Å². The minimum Gasteiger partial charge on any atom is -0.494 e. The Labute approximate surface area is 206 Å². The van der Waals surface area contributed by atoms with Gasteiger partial charge in [0, 0.05) is 10.9 Å². The molecule has 0 atom stereocenters. The highest BCUT2D eigenvalue weighted by Crippen LogP contribution is 2.28. The van der Waals surface area contributed by atoms with Gasteiger partial charge in [0.15, 0.2) is 5.76 Å². The number of carbonyl (C=O) groups excluding carboxylic acids is 1. The summed E-state index contributed by atoms with van der Waals surface area (Å²) in [6.45, 7) is 2.72. The molecule has 180 valence electrons. The summed E-state index contributed by atoms with van der Waals surface area (Å²) in [7, 11) is 0. The molecule has 36 heavy (non-hydrogen) atoms. The zero-order valence-corrected chi connectivity index (χ0v) is 19.5. The monoisotopic (exact) mass is 482 g/mol. The molecule has 1 heterocycles. The molecule has 0 aliphatic heterocycles. The number of nitrogens with one attached hydrogen (secondary N) is 1. The number of nitrogens with zero attached hydrogens (tertiary/aromatic N) is 1. The SMILES string of the molecule is CCOc1ccc2oc(C(=O)N/N=C/c3c(OCc4ccc(F)cc4)ccc4ccccc34)cc2c1. The van der Waals surface area contributed by atoms with E-state index in [1.54, 1.807) is 36.5 Å². The standard InChI is InChI=1S/C29H23FN2O4/c1-2-34-23-12-14-26-21(15-23)16-28(36-26)29(33)32-31-17-25-24-6-4-3-5-20(24)9-13-27(25)35-18-19-7-10-22(30)11-8-19/h3-17H,2,18H2,1H3,(H,32,33)/b31-17+. The molecule has 5 aromatic rings. The summed E-state index contributed by atoms with van der Waals surface area (Å²) >= 11 is 0. The molecule has 4 aromatic carbocycles. The van der Waals surface area contributed by atoms with E-state index < -0.39 is 5.91 Å². The molecular formula is C29H23FN2O4. The maximum Gasteiger partial charge on any atom is 0.307 e. The first-order chi connectivity index (χ1) is 17.6. The van der Waals surface area contributed by atoms with Crippen molar-refractivity contribution in [1.29, 1.82) is 0 Å². The Morgan fingerprint density at radius 1 is 0.972 bits per heavy atom. The average molecular weight is 483 g/mol. The highest BCUT2D eigenvalue weighted by molar-refractivity contribution is 6.03. The number of hydrogen-bond acceptors (Lipinski definition) is 5. The van der Waals surface area contributed by atoms with Crippen molar-refractivity contribution < 1.29 is 23.1 Å². The number of halogens is 1. The van der Waals surface area contributed by atoms with Crippen LogP contribution in [0.5, 0.6) is 11.5 Å². The van der Waals surface area contributed by atoms with Crippen LogP contribution in [0.4, 0.5) is 4.39 Å². The molecular weight excluding hydrogens is 459 g/mol. The lowest BCUT2D eigenvalue weighted by molar-refractivity contribution is 0.0929. The van der Waals surface area contributed by atoms with Crippen LogP contribution < -0.4 is 14.9 Å². The molecule has 1 amide bonds. The number of fused-ring (bicyclic) bond motifs is 2. The number of amides is 1. The van der Waals surface area contributed by atoms with E-state index in [0.717, 1.165) is 21.7 Å². The van der Waals surface area contributed by atoms with E-state index in [4.69, 9.17) is 13.9 Å². The summed E-state index contributed by atoms with van der Waals surface area (Å²) in [6, 6.07) is 24.8. The Hall–Kier alpha value is -4.65. The van der Waals surface area contributed by atoms with Crippen LogP contribution in [0.3, 0.4) is 0 Å². The van der Waals surface area contributed by atoms with Crippen LogP contribution >= 0.6 is 0 Å². The molecule has 0 saturated heterocycles. The van der Waals surface area contributed by atoms with Crippen LogP contribution in [0.2, 0.25) is 0 Å². The molecule has 0 aliphatic carbocycles. The first-order valence-corrected chi connectivity index (χ1v) is 11.5. The molecule has 0 aliphatic rings. The summed E-state index contributed by atoms with van der Waals surface area (Å²) in [6.07, 6.45) is 1.55. The summed E-state index contributed by atoms with van der Waals surface area (Å²) < 4.78 is 30.4. The van der Waals surface area contributed by atoms with Crippen molar-refractivity contribution in [3.8, 4) is 11.5 Å². The lowest BCUT2D eigenvalue weighted by Crippen LogP contribution is -2.16. The zero-order chi connectivity index (χ0) is 24.9. The molecule has 7 heteroatoms. The van der Waals surface area contributed by atoms with Crippen molar-refractivity contribution in [2.75, 3.05) is 6.61 Å². The van der Waals surface area contributed by atoms with E-state index >= 15 is 0 Å². The first kappa shape index (κ1) is 23.1. The molecule has 0 saturated carbocycles. The van der Waals surface area contributed by atoms with E-state index in [1.807, 2.05) is 49.4 Å². The molecule has 0 fully saturated rings. The number of furan rings is 1. The second-order valence-corrected chi connectivity index (χ2v) is 8.06.